The van der Waals surface area contributed by atoms with Crippen molar-refractivity contribution in [3.63, 3.8) is 0 Å². The van der Waals surface area contributed by atoms with Gasteiger partial charge < -0.3 is 14.7 Å². The van der Waals surface area contributed by atoms with Crippen LogP contribution in [0, 0.1) is 6.92 Å². The zero-order chi connectivity index (χ0) is 23.7. The van der Waals surface area contributed by atoms with Crippen LogP contribution >= 0.6 is 0 Å². The van der Waals surface area contributed by atoms with Crippen LogP contribution in [-0.2, 0) is 6.54 Å². The largest absolute Gasteiger partial charge is 0.486 e. The molecule has 0 bridgehead atoms. The molecule has 1 aliphatic heterocycles. The molecule has 1 aromatic carbocycles. The summed E-state index contributed by atoms with van der Waals surface area (Å²) in [6.07, 6.45) is 0.247. The second kappa shape index (κ2) is 8.93. The van der Waals surface area contributed by atoms with E-state index in [1.54, 1.807) is 24.0 Å². The molecule has 3 heterocycles. The highest BCUT2D eigenvalue weighted by Gasteiger charge is 2.32. The van der Waals surface area contributed by atoms with Crippen molar-refractivity contribution in [2.24, 2.45) is 0 Å². The quantitative estimate of drug-likeness (QED) is 0.566. The molecule has 0 fully saturated rings. The van der Waals surface area contributed by atoms with Crippen LogP contribution in [0.4, 0.5) is 8.78 Å². The second-order valence-corrected chi connectivity index (χ2v) is 7.79. The summed E-state index contributed by atoms with van der Waals surface area (Å²) >= 11 is 0. The first-order valence-electron chi connectivity index (χ1n) is 10.3. The fourth-order valence-corrected chi connectivity index (χ4v) is 3.77. The minimum Gasteiger partial charge on any atom is -0.486 e. The number of aryl methyl sites for hydroxylation is 1. The highest BCUT2D eigenvalue weighted by molar-refractivity contribution is 5.99. The lowest BCUT2D eigenvalue weighted by atomic mass is 10.0. The fraction of sp³-hybridized carbons (Fsp3) is 0.250. The molecule has 170 valence electrons. The standard InChI is InChI=1S/C24H21F2N3O4/c1-13-7-19(28-10-21(13)33-12-22(25)26)14(2)29-11-17-4-3-15(8-18(17)23(29)30)20-9-16(24(31)32)5-6-27-20/h3-10,14,22H,11-12H2,1-2H3,(H,31,32). The predicted octanol–water partition coefficient (Wildman–Crippen LogP) is 4.51. The van der Waals surface area contributed by atoms with E-state index in [4.69, 9.17) is 4.74 Å². The molecule has 0 spiro atoms. The van der Waals surface area contributed by atoms with Crippen molar-refractivity contribution in [3.05, 3.63) is 76.7 Å². The zero-order valence-corrected chi connectivity index (χ0v) is 18.0. The Morgan fingerprint density at radius 3 is 2.70 bits per heavy atom. The Morgan fingerprint density at radius 2 is 2.00 bits per heavy atom. The number of rotatable bonds is 7. The Kier molecular flexibility index (Phi) is 6.04. The van der Waals surface area contributed by atoms with Crippen LogP contribution < -0.4 is 4.74 Å². The molecule has 1 N–H and O–H groups in total. The predicted molar refractivity (Wildman–Crippen MR) is 115 cm³/mol. The van der Waals surface area contributed by atoms with Gasteiger partial charge in [0.15, 0.2) is 0 Å². The molecule has 1 unspecified atom stereocenters. The topological polar surface area (TPSA) is 92.6 Å². The van der Waals surface area contributed by atoms with Crippen LogP contribution in [0.15, 0.2) is 48.8 Å². The molecule has 1 amide bonds. The van der Waals surface area contributed by atoms with E-state index in [2.05, 4.69) is 9.97 Å². The van der Waals surface area contributed by atoms with Gasteiger partial charge in [-0.05, 0) is 49.2 Å². The van der Waals surface area contributed by atoms with Gasteiger partial charge in [-0.25, -0.2) is 13.6 Å². The highest BCUT2D eigenvalue weighted by Crippen LogP contribution is 2.34. The minimum atomic E-state index is -2.57. The van der Waals surface area contributed by atoms with E-state index in [1.165, 1.54) is 24.5 Å². The summed E-state index contributed by atoms with van der Waals surface area (Å²) in [7, 11) is 0. The van der Waals surface area contributed by atoms with Crippen LogP contribution in [0.5, 0.6) is 5.75 Å². The van der Waals surface area contributed by atoms with Gasteiger partial charge in [0.1, 0.15) is 12.4 Å². The second-order valence-electron chi connectivity index (χ2n) is 7.79. The number of aromatic nitrogens is 2. The van der Waals surface area contributed by atoms with Gasteiger partial charge in [0.05, 0.1) is 29.2 Å². The number of amides is 1. The number of carbonyl (C=O) groups excluding carboxylic acids is 1. The minimum absolute atomic E-state index is 0.115. The number of hydrogen-bond donors (Lipinski definition) is 1. The SMILES string of the molecule is Cc1cc(C(C)N2Cc3ccc(-c4cc(C(=O)O)ccn4)cc3C2=O)ncc1OCC(F)F. The molecule has 4 rings (SSSR count). The molecule has 1 atom stereocenters. The Labute approximate surface area is 188 Å². The molecule has 0 saturated carbocycles. The number of fused-ring (bicyclic) bond motifs is 1. The van der Waals surface area contributed by atoms with E-state index in [0.717, 1.165) is 5.56 Å². The molecule has 0 radical (unpaired) electrons. The van der Waals surface area contributed by atoms with Crippen LogP contribution in [0.2, 0.25) is 0 Å². The molecule has 1 aliphatic rings. The van der Waals surface area contributed by atoms with Gasteiger partial charge in [-0.15, -0.1) is 0 Å². The first-order valence-corrected chi connectivity index (χ1v) is 10.3. The average Bonchev–Trinajstić information content (AvgIpc) is 3.13. The summed E-state index contributed by atoms with van der Waals surface area (Å²) < 4.78 is 29.9. The Balaban J connectivity index is 1.56. The molecule has 0 aliphatic carbocycles. The summed E-state index contributed by atoms with van der Waals surface area (Å²) in [5.74, 6) is -0.946. The zero-order valence-electron chi connectivity index (χ0n) is 18.0. The Bertz CT molecular complexity index is 1230. The van der Waals surface area contributed by atoms with Crippen molar-refractivity contribution in [2.75, 3.05) is 6.61 Å². The lowest BCUT2D eigenvalue weighted by Gasteiger charge is -2.24. The van der Waals surface area contributed by atoms with E-state index >= 15 is 0 Å². The maximum atomic E-state index is 13.2. The monoisotopic (exact) mass is 453 g/mol. The van der Waals surface area contributed by atoms with E-state index in [0.29, 0.717) is 34.6 Å². The summed E-state index contributed by atoms with van der Waals surface area (Å²) in [6, 6.07) is 9.62. The average molecular weight is 453 g/mol. The highest BCUT2D eigenvalue weighted by atomic mass is 19.3. The van der Waals surface area contributed by atoms with Gasteiger partial charge in [0.2, 0.25) is 0 Å². The smallest absolute Gasteiger partial charge is 0.335 e. The maximum absolute atomic E-state index is 13.2. The van der Waals surface area contributed by atoms with Crippen molar-refractivity contribution in [3.8, 4) is 17.0 Å². The summed E-state index contributed by atoms with van der Waals surface area (Å²) in [5.41, 5.74) is 3.87. The van der Waals surface area contributed by atoms with Gasteiger partial charge in [-0.2, -0.15) is 0 Å². The van der Waals surface area contributed by atoms with Crippen LogP contribution in [0.1, 0.15) is 50.5 Å². The number of benzene rings is 1. The Hall–Kier alpha value is -3.88. The van der Waals surface area contributed by atoms with Crippen molar-refractivity contribution in [2.45, 2.75) is 32.9 Å². The van der Waals surface area contributed by atoms with Crippen molar-refractivity contribution >= 4 is 11.9 Å². The Morgan fingerprint density at radius 1 is 1.21 bits per heavy atom. The normalized spacial score (nSPS) is 13.8. The third-order valence-corrected chi connectivity index (χ3v) is 5.59. The number of carboxylic acids is 1. The fourth-order valence-electron chi connectivity index (χ4n) is 3.77. The molecule has 33 heavy (non-hydrogen) atoms. The van der Waals surface area contributed by atoms with Gasteiger partial charge in [0, 0.05) is 23.9 Å². The lowest BCUT2D eigenvalue weighted by Crippen LogP contribution is -2.28. The number of pyridine rings is 2. The number of halogens is 2. The van der Waals surface area contributed by atoms with Gasteiger partial charge in [-0.3, -0.25) is 14.8 Å². The van der Waals surface area contributed by atoms with Gasteiger partial charge in [0.25, 0.3) is 12.3 Å². The summed E-state index contributed by atoms with van der Waals surface area (Å²) in [6.45, 7) is 3.28. The van der Waals surface area contributed by atoms with Crippen molar-refractivity contribution in [1.29, 1.82) is 0 Å². The molecule has 2 aromatic heterocycles. The number of hydrogen-bond acceptors (Lipinski definition) is 5. The van der Waals surface area contributed by atoms with Crippen LogP contribution in [0.3, 0.4) is 0 Å². The van der Waals surface area contributed by atoms with Crippen molar-refractivity contribution < 1.29 is 28.2 Å². The first-order chi connectivity index (χ1) is 15.7. The third kappa shape index (κ3) is 4.52. The number of nitrogens with zero attached hydrogens (tertiary/aromatic N) is 3. The number of ether oxygens (including phenoxy) is 1. The number of carboxylic acid groups (broad SMARTS) is 1. The number of carbonyl (C=O) groups is 2. The van der Waals surface area contributed by atoms with E-state index in [1.807, 2.05) is 19.1 Å². The molecular weight excluding hydrogens is 432 g/mol. The van der Waals surface area contributed by atoms with Crippen LogP contribution in [0.25, 0.3) is 11.3 Å². The summed E-state index contributed by atoms with van der Waals surface area (Å²) in [5, 5.41) is 9.21. The van der Waals surface area contributed by atoms with Gasteiger partial charge >= 0.3 is 5.97 Å². The molecular formula is C24H21F2N3O4. The first kappa shape index (κ1) is 22.3. The van der Waals surface area contributed by atoms with E-state index in [9.17, 15) is 23.5 Å². The summed E-state index contributed by atoms with van der Waals surface area (Å²) in [4.78, 5) is 34.7. The van der Waals surface area contributed by atoms with Crippen LogP contribution in [-0.4, -0.2) is 44.9 Å². The van der Waals surface area contributed by atoms with E-state index in [-0.39, 0.29) is 23.3 Å². The number of aromatic carboxylic acids is 1. The molecule has 7 nitrogen and oxygen atoms in total. The number of alkyl halides is 2. The maximum Gasteiger partial charge on any atom is 0.335 e. The molecule has 9 heteroatoms. The van der Waals surface area contributed by atoms with Crippen molar-refractivity contribution in [1.82, 2.24) is 14.9 Å². The molecule has 0 saturated heterocycles. The third-order valence-electron chi connectivity index (χ3n) is 5.59. The molecule has 3 aromatic rings. The van der Waals surface area contributed by atoms with E-state index < -0.39 is 19.0 Å². The van der Waals surface area contributed by atoms with Gasteiger partial charge in [-0.1, -0.05) is 12.1 Å². The lowest BCUT2D eigenvalue weighted by molar-refractivity contribution is 0.0692.